The third-order valence-corrected chi connectivity index (χ3v) is 4.49. The monoisotopic (exact) mass is 252 g/mol. The third kappa shape index (κ3) is 3.98. The van der Waals surface area contributed by atoms with Gasteiger partial charge in [-0.3, -0.25) is 4.79 Å². The van der Waals surface area contributed by atoms with E-state index < -0.39 is 0 Å². The zero-order chi connectivity index (χ0) is 12.8. The first-order chi connectivity index (χ1) is 8.79. The number of rotatable bonds is 5. The van der Waals surface area contributed by atoms with Crippen LogP contribution >= 0.6 is 0 Å². The van der Waals surface area contributed by atoms with Crippen molar-refractivity contribution in [1.29, 1.82) is 0 Å². The van der Waals surface area contributed by atoms with Gasteiger partial charge in [-0.2, -0.15) is 0 Å². The maximum Gasteiger partial charge on any atom is 0.223 e. The quantitative estimate of drug-likeness (QED) is 0.815. The lowest BCUT2D eigenvalue weighted by atomic mass is 10.0. The number of carbonyl (C=O) groups excluding carboxylic acids is 1. The fourth-order valence-electron chi connectivity index (χ4n) is 3.19. The van der Waals surface area contributed by atoms with Gasteiger partial charge in [0.1, 0.15) is 0 Å². The SMILES string of the molecule is CCCCN1CCC(NC(=O)C2CCCC2)CC1. The number of piperidine rings is 1. The van der Waals surface area contributed by atoms with Gasteiger partial charge in [0.15, 0.2) is 0 Å². The highest BCUT2D eigenvalue weighted by Crippen LogP contribution is 2.25. The average Bonchev–Trinajstić information content (AvgIpc) is 2.92. The summed E-state index contributed by atoms with van der Waals surface area (Å²) >= 11 is 0. The van der Waals surface area contributed by atoms with Crippen molar-refractivity contribution in [3.63, 3.8) is 0 Å². The molecule has 0 atom stereocenters. The number of nitrogens with one attached hydrogen (secondary N) is 1. The van der Waals surface area contributed by atoms with E-state index in [1.54, 1.807) is 0 Å². The maximum absolute atomic E-state index is 12.0. The molecule has 0 bridgehead atoms. The van der Waals surface area contributed by atoms with E-state index in [2.05, 4.69) is 17.1 Å². The Hall–Kier alpha value is -0.570. The lowest BCUT2D eigenvalue weighted by Gasteiger charge is -2.32. The van der Waals surface area contributed by atoms with Gasteiger partial charge in [-0.1, -0.05) is 26.2 Å². The number of hydrogen-bond donors (Lipinski definition) is 1. The van der Waals surface area contributed by atoms with Crippen molar-refractivity contribution in [2.75, 3.05) is 19.6 Å². The van der Waals surface area contributed by atoms with Crippen LogP contribution in [0.15, 0.2) is 0 Å². The minimum Gasteiger partial charge on any atom is -0.353 e. The normalized spacial score (nSPS) is 23.4. The molecule has 104 valence electrons. The molecule has 1 heterocycles. The van der Waals surface area contributed by atoms with E-state index in [-0.39, 0.29) is 0 Å². The van der Waals surface area contributed by atoms with Crippen LogP contribution < -0.4 is 5.32 Å². The van der Waals surface area contributed by atoms with Gasteiger partial charge >= 0.3 is 0 Å². The number of nitrogens with zero attached hydrogens (tertiary/aromatic N) is 1. The molecule has 0 spiro atoms. The smallest absolute Gasteiger partial charge is 0.223 e. The maximum atomic E-state index is 12.0. The van der Waals surface area contributed by atoms with Crippen LogP contribution in [-0.4, -0.2) is 36.5 Å². The van der Waals surface area contributed by atoms with E-state index in [1.165, 1.54) is 32.2 Å². The Labute approximate surface area is 111 Å². The number of likely N-dealkylation sites (tertiary alicyclic amines) is 1. The van der Waals surface area contributed by atoms with Crippen LogP contribution in [0.4, 0.5) is 0 Å². The van der Waals surface area contributed by atoms with E-state index in [9.17, 15) is 4.79 Å². The summed E-state index contributed by atoms with van der Waals surface area (Å²) in [6, 6.07) is 0.441. The van der Waals surface area contributed by atoms with Crippen molar-refractivity contribution in [3.05, 3.63) is 0 Å². The highest BCUT2D eigenvalue weighted by atomic mass is 16.1. The second-order valence-electron chi connectivity index (χ2n) is 5.96. The fraction of sp³-hybridized carbons (Fsp3) is 0.933. The molecule has 0 radical (unpaired) electrons. The van der Waals surface area contributed by atoms with Crippen molar-refractivity contribution in [3.8, 4) is 0 Å². The fourth-order valence-corrected chi connectivity index (χ4v) is 3.19. The number of unbranched alkanes of at least 4 members (excludes halogenated alkanes) is 1. The highest BCUT2D eigenvalue weighted by Gasteiger charge is 2.26. The van der Waals surface area contributed by atoms with E-state index >= 15 is 0 Å². The Morgan fingerprint density at radius 1 is 1.17 bits per heavy atom. The number of carbonyl (C=O) groups is 1. The Morgan fingerprint density at radius 3 is 2.44 bits per heavy atom. The molecule has 2 rings (SSSR count). The first kappa shape index (κ1) is 13.9. The molecular formula is C15H28N2O. The van der Waals surface area contributed by atoms with E-state index in [0.717, 1.165) is 38.8 Å². The summed E-state index contributed by atoms with van der Waals surface area (Å²) in [6.45, 7) is 5.81. The lowest BCUT2D eigenvalue weighted by Crippen LogP contribution is -2.46. The summed E-state index contributed by atoms with van der Waals surface area (Å²) in [4.78, 5) is 14.6. The van der Waals surface area contributed by atoms with Gasteiger partial charge in [0.2, 0.25) is 5.91 Å². The van der Waals surface area contributed by atoms with Crippen molar-refractivity contribution in [2.24, 2.45) is 5.92 Å². The second kappa shape index (κ2) is 7.13. The molecule has 2 fully saturated rings. The standard InChI is InChI=1S/C15H28N2O/c1-2-3-10-17-11-8-14(9-12-17)16-15(18)13-6-4-5-7-13/h13-14H,2-12H2,1H3,(H,16,18). The van der Waals surface area contributed by atoms with E-state index in [1.807, 2.05) is 0 Å². The van der Waals surface area contributed by atoms with Crippen molar-refractivity contribution in [2.45, 2.75) is 64.3 Å². The number of amides is 1. The lowest BCUT2D eigenvalue weighted by molar-refractivity contribution is -0.125. The van der Waals surface area contributed by atoms with Crippen molar-refractivity contribution in [1.82, 2.24) is 10.2 Å². The van der Waals surface area contributed by atoms with Crippen molar-refractivity contribution >= 4 is 5.91 Å². The minimum atomic E-state index is 0.322. The molecule has 0 aromatic carbocycles. The molecule has 0 aromatic rings. The Kier molecular flexibility index (Phi) is 5.48. The van der Waals surface area contributed by atoms with Gasteiger partial charge < -0.3 is 10.2 Å². The Morgan fingerprint density at radius 2 is 1.83 bits per heavy atom. The highest BCUT2D eigenvalue weighted by molar-refractivity contribution is 5.79. The van der Waals surface area contributed by atoms with Gasteiger partial charge in [0, 0.05) is 25.0 Å². The number of hydrogen-bond acceptors (Lipinski definition) is 2. The Balaban J connectivity index is 1.65. The van der Waals surface area contributed by atoms with E-state index in [4.69, 9.17) is 0 Å². The third-order valence-electron chi connectivity index (χ3n) is 4.49. The molecule has 1 N–H and O–H groups in total. The Bertz CT molecular complexity index is 253. The summed E-state index contributed by atoms with van der Waals surface area (Å²) < 4.78 is 0. The van der Waals surface area contributed by atoms with Crippen molar-refractivity contribution < 1.29 is 4.79 Å². The summed E-state index contributed by atoms with van der Waals surface area (Å²) in [5, 5.41) is 3.27. The van der Waals surface area contributed by atoms with Gasteiger partial charge in [0.05, 0.1) is 0 Å². The van der Waals surface area contributed by atoms with Crippen LogP contribution in [0.5, 0.6) is 0 Å². The zero-order valence-corrected chi connectivity index (χ0v) is 11.8. The van der Waals surface area contributed by atoms with Gasteiger partial charge in [-0.05, 0) is 38.6 Å². The summed E-state index contributed by atoms with van der Waals surface area (Å²) in [7, 11) is 0. The first-order valence-electron chi connectivity index (χ1n) is 7.82. The molecule has 3 nitrogen and oxygen atoms in total. The second-order valence-corrected chi connectivity index (χ2v) is 5.96. The largest absolute Gasteiger partial charge is 0.353 e. The molecule has 0 aromatic heterocycles. The predicted octanol–water partition coefficient (Wildman–Crippen LogP) is 2.56. The predicted molar refractivity (Wildman–Crippen MR) is 74.5 cm³/mol. The summed E-state index contributed by atoms with van der Waals surface area (Å²) in [5.41, 5.74) is 0. The minimum absolute atomic E-state index is 0.322. The first-order valence-corrected chi connectivity index (χ1v) is 7.82. The van der Waals surface area contributed by atoms with Gasteiger partial charge in [0.25, 0.3) is 0 Å². The molecule has 18 heavy (non-hydrogen) atoms. The molecule has 0 unspecified atom stereocenters. The molecule has 2 aliphatic rings. The van der Waals surface area contributed by atoms with E-state index in [0.29, 0.717) is 17.9 Å². The van der Waals surface area contributed by atoms with Gasteiger partial charge in [-0.15, -0.1) is 0 Å². The van der Waals surface area contributed by atoms with Crippen LogP contribution in [-0.2, 0) is 4.79 Å². The summed E-state index contributed by atoms with van der Waals surface area (Å²) in [5.74, 6) is 0.655. The van der Waals surface area contributed by atoms with Gasteiger partial charge in [-0.25, -0.2) is 0 Å². The average molecular weight is 252 g/mol. The molecular weight excluding hydrogens is 224 g/mol. The molecule has 3 heteroatoms. The van der Waals surface area contributed by atoms with Crippen LogP contribution in [0.2, 0.25) is 0 Å². The molecule has 1 saturated carbocycles. The molecule has 1 amide bonds. The summed E-state index contributed by atoms with van der Waals surface area (Å²) in [6.07, 6.45) is 9.57. The van der Waals surface area contributed by atoms with Crippen LogP contribution in [0, 0.1) is 5.92 Å². The molecule has 1 saturated heterocycles. The topological polar surface area (TPSA) is 32.3 Å². The van der Waals surface area contributed by atoms with Crippen LogP contribution in [0.1, 0.15) is 58.3 Å². The molecule has 1 aliphatic carbocycles. The zero-order valence-electron chi connectivity index (χ0n) is 11.8. The van der Waals surface area contributed by atoms with Crippen LogP contribution in [0.25, 0.3) is 0 Å². The molecule has 1 aliphatic heterocycles. The van der Waals surface area contributed by atoms with Crippen LogP contribution in [0.3, 0.4) is 0 Å².